The van der Waals surface area contributed by atoms with Gasteiger partial charge in [-0.1, -0.05) is 48.5 Å². The molecule has 6 heteroatoms. The zero-order valence-electron chi connectivity index (χ0n) is 14.9. The standard InChI is InChI=1S/C21H21N3O2S/c25-20(13-7-10-16-8-3-1-4-9-16)22-21-18-14-27(26)15-19(18)23-24(21)17-11-5-2-6-12-17/h1-6,8-9,11-12H,7,10,13-15H2,(H,22,25). The van der Waals surface area contributed by atoms with E-state index in [0.717, 1.165) is 29.8 Å². The minimum Gasteiger partial charge on any atom is -0.310 e. The maximum Gasteiger partial charge on any atom is 0.225 e. The van der Waals surface area contributed by atoms with Gasteiger partial charge in [-0.15, -0.1) is 0 Å². The summed E-state index contributed by atoms with van der Waals surface area (Å²) in [4.78, 5) is 12.5. The molecule has 2 aromatic carbocycles. The van der Waals surface area contributed by atoms with Crippen LogP contribution in [0, 0.1) is 0 Å². The number of benzene rings is 2. The van der Waals surface area contributed by atoms with Crippen molar-refractivity contribution < 1.29 is 9.00 Å². The molecule has 1 atom stereocenters. The van der Waals surface area contributed by atoms with Gasteiger partial charge in [0.1, 0.15) is 5.82 Å². The summed E-state index contributed by atoms with van der Waals surface area (Å²) < 4.78 is 13.7. The predicted octanol–water partition coefficient (Wildman–Crippen LogP) is 3.60. The topological polar surface area (TPSA) is 64.0 Å². The molecule has 0 saturated heterocycles. The van der Waals surface area contributed by atoms with Gasteiger partial charge >= 0.3 is 0 Å². The lowest BCUT2D eigenvalue weighted by molar-refractivity contribution is -0.116. The van der Waals surface area contributed by atoms with E-state index in [0.29, 0.717) is 23.7 Å². The van der Waals surface area contributed by atoms with Gasteiger partial charge in [-0.3, -0.25) is 9.00 Å². The highest BCUT2D eigenvalue weighted by Gasteiger charge is 2.28. The molecule has 1 amide bonds. The van der Waals surface area contributed by atoms with Gasteiger partial charge in [0.25, 0.3) is 0 Å². The summed E-state index contributed by atoms with van der Waals surface area (Å²) in [6, 6.07) is 19.9. The number of aryl methyl sites for hydroxylation is 1. The molecule has 0 bridgehead atoms. The number of hydrogen-bond acceptors (Lipinski definition) is 3. The van der Waals surface area contributed by atoms with Crippen molar-refractivity contribution in [2.24, 2.45) is 0 Å². The van der Waals surface area contributed by atoms with Gasteiger partial charge in [0.15, 0.2) is 0 Å². The second-order valence-electron chi connectivity index (χ2n) is 6.64. The SMILES string of the molecule is O=C(CCCc1ccccc1)Nc1c2c(nn1-c1ccccc1)CS(=O)C2. The first-order chi connectivity index (χ1) is 13.2. The molecule has 5 nitrogen and oxygen atoms in total. The monoisotopic (exact) mass is 379 g/mol. The molecule has 1 aromatic heterocycles. The molecule has 0 saturated carbocycles. The van der Waals surface area contributed by atoms with E-state index in [1.165, 1.54) is 5.56 Å². The number of aromatic nitrogens is 2. The number of nitrogens with zero attached hydrogens (tertiary/aromatic N) is 2. The smallest absolute Gasteiger partial charge is 0.225 e. The van der Waals surface area contributed by atoms with Gasteiger partial charge < -0.3 is 5.32 Å². The third-order valence-electron chi connectivity index (χ3n) is 4.64. The van der Waals surface area contributed by atoms with Crippen LogP contribution in [0.1, 0.15) is 29.7 Å². The summed E-state index contributed by atoms with van der Waals surface area (Å²) in [5.41, 5.74) is 3.83. The average Bonchev–Trinajstić information content (AvgIpc) is 3.20. The van der Waals surface area contributed by atoms with Crippen molar-refractivity contribution >= 4 is 22.5 Å². The highest BCUT2D eigenvalue weighted by molar-refractivity contribution is 7.83. The average molecular weight is 379 g/mol. The lowest BCUT2D eigenvalue weighted by Crippen LogP contribution is -2.16. The molecule has 2 heterocycles. The number of amides is 1. The van der Waals surface area contributed by atoms with Crippen LogP contribution in [0.4, 0.5) is 5.82 Å². The molecule has 138 valence electrons. The second-order valence-corrected chi connectivity index (χ2v) is 8.09. The van der Waals surface area contributed by atoms with Crippen LogP contribution in [0.15, 0.2) is 60.7 Å². The third kappa shape index (κ3) is 4.01. The number of rotatable bonds is 6. The Labute approximate surface area is 160 Å². The minimum absolute atomic E-state index is 0.0384. The Bertz CT molecular complexity index is 968. The molecule has 0 radical (unpaired) electrons. The van der Waals surface area contributed by atoms with E-state index in [1.54, 1.807) is 4.68 Å². The Morgan fingerprint density at radius 3 is 2.48 bits per heavy atom. The van der Waals surface area contributed by atoms with Gasteiger partial charge in [-0.2, -0.15) is 5.10 Å². The number of nitrogens with one attached hydrogen (secondary N) is 1. The first-order valence-corrected chi connectivity index (χ1v) is 10.5. The van der Waals surface area contributed by atoms with Crippen molar-refractivity contribution in [2.75, 3.05) is 5.32 Å². The van der Waals surface area contributed by atoms with Crippen molar-refractivity contribution in [1.82, 2.24) is 9.78 Å². The predicted molar refractivity (Wildman–Crippen MR) is 107 cm³/mol. The Hall–Kier alpha value is -2.73. The fraction of sp³-hybridized carbons (Fsp3) is 0.238. The largest absolute Gasteiger partial charge is 0.310 e. The molecule has 0 aliphatic carbocycles. The van der Waals surface area contributed by atoms with Gasteiger partial charge in [0.2, 0.25) is 5.91 Å². The highest BCUT2D eigenvalue weighted by atomic mass is 32.2. The fourth-order valence-corrected chi connectivity index (χ4v) is 4.57. The normalized spacial score (nSPS) is 15.5. The van der Waals surface area contributed by atoms with Gasteiger partial charge in [-0.25, -0.2) is 4.68 Å². The molecular formula is C21H21N3O2S. The van der Waals surface area contributed by atoms with Crippen molar-refractivity contribution in [3.05, 3.63) is 77.5 Å². The van der Waals surface area contributed by atoms with Gasteiger partial charge in [-0.05, 0) is 30.5 Å². The molecule has 4 rings (SSSR count). The summed E-state index contributed by atoms with van der Waals surface area (Å²) in [7, 11) is -0.935. The molecule has 0 spiro atoms. The minimum atomic E-state index is -0.935. The van der Waals surface area contributed by atoms with Crippen LogP contribution in [0.25, 0.3) is 5.69 Å². The van der Waals surface area contributed by atoms with E-state index in [9.17, 15) is 9.00 Å². The number of para-hydroxylation sites is 1. The van der Waals surface area contributed by atoms with Gasteiger partial charge in [0.05, 0.1) is 22.9 Å². The van der Waals surface area contributed by atoms with Gasteiger partial charge in [0, 0.05) is 22.8 Å². The van der Waals surface area contributed by atoms with E-state index < -0.39 is 10.8 Å². The van der Waals surface area contributed by atoms with Crippen molar-refractivity contribution in [3.63, 3.8) is 0 Å². The van der Waals surface area contributed by atoms with Crippen LogP contribution < -0.4 is 5.32 Å². The van der Waals surface area contributed by atoms with Crippen molar-refractivity contribution in [3.8, 4) is 5.69 Å². The van der Waals surface area contributed by atoms with E-state index in [4.69, 9.17) is 0 Å². The fourth-order valence-electron chi connectivity index (χ4n) is 3.30. The molecule has 1 aliphatic rings. The first-order valence-electron chi connectivity index (χ1n) is 9.05. The molecule has 1 unspecified atom stereocenters. The molecule has 0 fully saturated rings. The number of carbonyl (C=O) groups is 1. The second kappa shape index (κ2) is 7.88. The first kappa shape index (κ1) is 17.7. The van der Waals surface area contributed by atoms with Crippen LogP contribution in [0.5, 0.6) is 0 Å². The Kier molecular flexibility index (Phi) is 5.16. The summed E-state index contributed by atoms with van der Waals surface area (Å²) in [6.45, 7) is 0. The number of fused-ring (bicyclic) bond motifs is 1. The quantitative estimate of drug-likeness (QED) is 0.712. The summed E-state index contributed by atoms with van der Waals surface area (Å²) >= 11 is 0. The van der Waals surface area contributed by atoms with Crippen LogP contribution in [0.3, 0.4) is 0 Å². The number of hydrogen-bond donors (Lipinski definition) is 1. The number of anilines is 1. The summed E-state index contributed by atoms with van der Waals surface area (Å²) in [6.07, 6.45) is 2.09. The molecule has 1 N–H and O–H groups in total. The maximum absolute atomic E-state index is 12.5. The highest BCUT2D eigenvalue weighted by Crippen LogP contribution is 2.31. The van der Waals surface area contributed by atoms with Crippen molar-refractivity contribution in [1.29, 1.82) is 0 Å². The molecule has 3 aromatic rings. The zero-order chi connectivity index (χ0) is 18.6. The zero-order valence-corrected chi connectivity index (χ0v) is 15.7. The van der Waals surface area contributed by atoms with Crippen LogP contribution in [0.2, 0.25) is 0 Å². The lowest BCUT2D eigenvalue weighted by atomic mass is 10.1. The van der Waals surface area contributed by atoms with E-state index in [2.05, 4.69) is 22.5 Å². The molecular weight excluding hydrogens is 358 g/mol. The molecule has 27 heavy (non-hydrogen) atoms. The van der Waals surface area contributed by atoms with Crippen LogP contribution in [-0.2, 0) is 33.5 Å². The van der Waals surface area contributed by atoms with E-state index in [1.807, 2.05) is 48.5 Å². The Balaban J connectivity index is 1.49. The molecule has 1 aliphatic heterocycles. The van der Waals surface area contributed by atoms with E-state index in [-0.39, 0.29) is 5.91 Å². The van der Waals surface area contributed by atoms with Crippen LogP contribution in [-0.4, -0.2) is 19.9 Å². The Morgan fingerprint density at radius 1 is 1.04 bits per heavy atom. The number of carbonyl (C=O) groups excluding carboxylic acids is 1. The third-order valence-corrected chi connectivity index (χ3v) is 5.85. The van der Waals surface area contributed by atoms with Crippen molar-refractivity contribution in [2.45, 2.75) is 30.8 Å². The summed E-state index contributed by atoms with van der Waals surface area (Å²) in [5, 5.41) is 7.62. The van der Waals surface area contributed by atoms with Crippen LogP contribution >= 0.6 is 0 Å². The summed E-state index contributed by atoms with van der Waals surface area (Å²) in [5.74, 6) is 1.52. The van der Waals surface area contributed by atoms with E-state index >= 15 is 0 Å². The Morgan fingerprint density at radius 2 is 1.74 bits per heavy atom. The maximum atomic E-state index is 12.5. The lowest BCUT2D eigenvalue weighted by Gasteiger charge is -2.11.